The summed E-state index contributed by atoms with van der Waals surface area (Å²) in [6, 6.07) is 0. The molecule has 1 aliphatic carbocycles. The van der Waals surface area contributed by atoms with E-state index in [1.807, 2.05) is 0 Å². The van der Waals surface area contributed by atoms with Gasteiger partial charge in [-0.05, 0) is 6.42 Å². The molecule has 0 amide bonds. The molecular formula is C7H7NO4. The van der Waals surface area contributed by atoms with Crippen molar-refractivity contribution in [1.29, 1.82) is 0 Å². The van der Waals surface area contributed by atoms with Gasteiger partial charge in [-0.1, -0.05) is 6.08 Å². The molecule has 0 aromatic heterocycles. The fraction of sp³-hybridized carbons (Fsp3) is 0.286. The smallest absolute Gasteiger partial charge is 0.310 e. The summed E-state index contributed by atoms with van der Waals surface area (Å²) in [4.78, 5) is 20.0. The molecule has 0 aromatic rings. The largest absolute Gasteiger partial charge is 0.481 e. The van der Waals surface area contributed by atoms with Gasteiger partial charge in [0, 0.05) is 12.2 Å². The molecule has 0 bridgehead atoms. The van der Waals surface area contributed by atoms with Gasteiger partial charge in [-0.15, -0.1) is 0 Å². The minimum absolute atomic E-state index is 0.145. The average molecular weight is 169 g/mol. The molecule has 0 saturated heterocycles. The average Bonchev–Trinajstić information content (AvgIpc) is 2.04. The molecular weight excluding hydrogens is 162 g/mol. The molecule has 0 heterocycles. The predicted octanol–water partition coefficient (Wildman–Crippen LogP) is 0.808. The number of carboxylic acids is 1. The summed E-state index contributed by atoms with van der Waals surface area (Å²) in [5.41, 5.74) is -0.145. The summed E-state index contributed by atoms with van der Waals surface area (Å²) < 4.78 is 0. The lowest BCUT2D eigenvalue weighted by Crippen LogP contribution is -2.14. The maximum atomic E-state index is 10.4. The number of carbonyl (C=O) groups is 1. The van der Waals surface area contributed by atoms with Gasteiger partial charge < -0.3 is 5.11 Å². The van der Waals surface area contributed by atoms with Crippen molar-refractivity contribution in [3.8, 4) is 0 Å². The van der Waals surface area contributed by atoms with Gasteiger partial charge >= 0.3 is 5.97 Å². The van der Waals surface area contributed by atoms with E-state index in [0.717, 1.165) is 6.08 Å². The van der Waals surface area contributed by atoms with Crippen molar-refractivity contribution in [3.05, 3.63) is 34.0 Å². The third-order valence-corrected chi connectivity index (χ3v) is 1.58. The Kier molecular flexibility index (Phi) is 2.23. The van der Waals surface area contributed by atoms with Crippen molar-refractivity contribution in [1.82, 2.24) is 0 Å². The number of allylic oxidation sites excluding steroid dienone is 2. The van der Waals surface area contributed by atoms with E-state index in [1.165, 1.54) is 12.2 Å². The molecule has 0 aliphatic heterocycles. The maximum absolute atomic E-state index is 10.4. The van der Waals surface area contributed by atoms with Crippen LogP contribution in [-0.2, 0) is 4.79 Å². The molecule has 5 nitrogen and oxygen atoms in total. The van der Waals surface area contributed by atoms with Crippen LogP contribution < -0.4 is 0 Å². The Morgan fingerprint density at radius 2 is 2.42 bits per heavy atom. The molecule has 1 unspecified atom stereocenters. The van der Waals surface area contributed by atoms with Crippen LogP contribution in [0.3, 0.4) is 0 Å². The second-order valence-electron chi connectivity index (χ2n) is 2.43. The minimum atomic E-state index is -1.03. The summed E-state index contributed by atoms with van der Waals surface area (Å²) in [7, 11) is 0. The maximum Gasteiger partial charge on any atom is 0.310 e. The fourth-order valence-electron chi connectivity index (χ4n) is 0.959. The van der Waals surface area contributed by atoms with Crippen molar-refractivity contribution < 1.29 is 14.8 Å². The number of hydrogen-bond acceptors (Lipinski definition) is 3. The van der Waals surface area contributed by atoms with Gasteiger partial charge in [-0.2, -0.15) is 0 Å². The van der Waals surface area contributed by atoms with Gasteiger partial charge in [0.1, 0.15) is 0 Å². The van der Waals surface area contributed by atoms with Crippen LogP contribution in [0.25, 0.3) is 0 Å². The molecule has 1 aliphatic rings. The van der Waals surface area contributed by atoms with Crippen LogP contribution in [0.5, 0.6) is 0 Å². The number of nitrogens with zero attached hydrogens (tertiary/aromatic N) is 1. The van der Waals surface area contributed by atoms with E-state index in [1.54, 1.807) is 0 Å². The topological polar surface area (TPSA) is 80.4 Å². The molecule has 1 N–H and O–H groups in total. The van der Waals surface area contributed by atoms with Crippen LogP contribution in [0.4, 0.5) is 0 Å². The molecule has 0 saturated carbocycles. The first-order valence-electron chi connectivity index (χ1n) is 3.37. The Bertz CT molecular complexity index is 279. The Labute approximate surface area is 68.2 Å². The van der Waals surface area contributed by atoms with Gasteiger partial charge in [0.05, 0.1) is 10.8 Å². The van der Waals surface area contributed by atoms with Crippen molar-refractivity contribution in [2.75, 3.05) is 0 Å². The van der Waals surface area contributed by atoms with Crippen molar-refractivity contribution >= 4 is 5.97 Å². The van der Waals surface area contributed by atoms with E-state index in [0.29, 0.717) is 6.42 Å². The van der Waals surface area contributed by atoms with Gasteiger partial charge in [0.25, 0.3) is 5.70 Å². The molecule has 1 atom stereocenters. The molecule has 0 spiro atoms. The highest BCUT2D eigenvalue weighted by Gasteiger charge is 2.21. The van der Waals surface area contributed by atoms with Gasteiger partial charge in [-0.3, -0.25) is 14.9 Å². The fourth-order valence-corrected chi connectivity index (χ4v) is 0.959. The van der Waals surface area contributed by atoms with Crippen LogP contribution >= 0.6 is 0 Å². The quantitative estimate of drug-likeness (QED) is 0.489. The number of nitro groups is 1. The lowest BCUT2D eigenvalue weighted by molar-refractivity contribution is -0.419. The third-order valence-electron chi connectivity index (χ3n) is 1.58. The van der Waals surface area contributed by atoms with E-state index < -0.39 is 16.8 Å². The van der Waals surface area contributed by atoms with Crippen molar-refractivity contribution in [2.24, 2.45) is 5.92 Å². The summed E-state index contributed by atoms with van der Waals surface area (Å²) >= 11 is 0. The second kappa shape index (κ2) is 3.17. The Morgan fingerprint density at radius 1 is 1.75 bits per heavy atom. The van der Waals surface area contributed by atoms with E-state index >= 15 is 0 Å². The lowest BCUT2D eigenvalue weighted by atomic mass is 10.00. The van der Waals surface area contributed by atoms with Crippen LogP contribution in [0, 0.1) is 16.0 Å². The zero-order valence-corrected chi connectivity index (χ0v) is 6.14. The Balaban J connectivity index is 2.82. The Morgan fingerprint density at radius 3 is 2.92 bits per heavy atom. The van der Waals surface area contributed by atoms with Crippen molar-refractivity contribution in [3.63, 3.8) is 0 Å². The first-order valence-corrected chi connectivity index (χ1v) is 3.37. The monoisotopic (exact) mass is 169 g/mol. The molecule has 0 fully saturated rings. The molecule has 64 valence electrons. The third kappa shape index (κ3) is 1.69. The normalized spacial score (nSPS) is 21.7. The highest BCUT2D eigenvalue weighted by Crippen LogP contribution is 2.16. The van der Waals surface area contributed by atoms with E-state index in [-0.39, 0.29) is 5.70 Å². The summed E-state index contributed by atoms with van der Waals surface area (Å²) in [5.74, 6) is -1.78. The first kappa shape index (κ1) is 8.45. The van der Waals surface area contributed by atoms with Crippen molar-refractivity contribution in [2.45, 2.75) is 6.42 Å². The van der Waals surface area contributed by atoms with Crippen LogP contribution in [0.15, 0.2) is 23.9 Å². The second-order valence-corrected chi connectivity index (χ2v) is 2.43. The highest BCUT2D eigenvalue weighted by molar-refractivity contribution is 5.73. The van der Waals surface area contributed by atoms with Crippen LogP contribution in [0.1, 0.15) is 6.42 Å². The predicted molar refractivity (Wildman–Crippen MR) is 40.0 cm³/mol. The van der Waals surface area contributed by atoms with E-state index in [4.69, 9.17) is 5.11 Å². The zero-order chi connectivity index (χ0) is 9.14. The SMILES string of the molecule is O=C(O)C1C=C([N+](=O)[O-])C=CC1. The van der Waals surface area contributed by atoms with Gasteiger partial charge in [0.15, 0.2) is 0 Å². The summed E-state index contributed by atoms with van der Waals surface area (Å²) in [5, 5.41) is 18.8. The minimum Gasteiger partial charge on any atom is -0.481 e. The van der Waals surface area contributed by atoms with Crippen LogP contribution in [-0.4, -0.2) is 16.0 Å². The van der Waals surface area contributed by atoms with E-state index in [2.05, 4.69) is 0 Å². The highest BCUT2D eigenvalue weighted by atomic mass is 16.6. The number of rotatable bonds is 2. The number of aliphatic carboxylic acids is 1. The molecule has 0 radical (unpaired) electrons. The zero-order valence-electron chi connectivity index (χ0n) is 6.14. The first-order chi connectivity index (χ1) is 5.61. The van der Waals surface area contributed by atoms with Gasteiger partial charge in [0.2, 0.25) is 0 Å². The standard InChI is InChI=1S/C7H7NO4/c9-7(10)5-2-1-3-6(4-5)8(11)12/h1,3-5H,2H2,(H,9,10). The molecule has 0 aromatic carbocycles. The van der Waals surface area contributed by atoms with Gasteiger partial charge in [-0.25, -0.2) is 0 Å². The molecule has 1 rings (SSSR count). The van der Waals surface area contributed by atoms with Crippen LogP contribution in [0.2, 0.25) is 0 Å². The van der Waals surface area contributed by atoms with E-state index in [9.17, 15) is 14.9 Å². The summed E-state index contributed by atoms with van der Waals surface area (Å²) in [6.07, 6.45) is 4.30. The molecule has 12 heavy (non-hydrogen) atoms. The number of carboxylic acid groups (broad SMARTS) is 1. The number of hydrogen-bond donors (Lipinski definition) is 1. The Hall–Kier alpha value is -1.65. The molecule has 5 heteroatoms. The lowest BCUT2D eigenvalue weighted by Gasteiger charge is -2.06. The summed E-state index contributed by atoms with van der Waals surface area (Å²) in [6.45, 7) is 0.